The van der Waals surface area contributed by atoms with Crippen molar-refractivity contribution in [3.05, 3.63) is 58.8 Å². The van der Waals surface area contributed by atoms with Crippen molar-refractivity contribution in [2.24, 2.45) is 28.6 Å². The van der Waals surface area contributed by atoms with Gasteiger partial charge >= 0.3 is 0 Å². The molecule has 0 amide bonds. The molecule has 6 rings (SSSR count). The minimum atomic E-state index is -0.157. The molecule has 0 bridgehead atoms. The highest BCUT2D eigenvalue weighted by Gasteiger charge is 2.57. The smallest absolute Gasteiger partial charge is 0.0691 e. The molecule has 1 aromatic rings. The Balaban J connectivity index is 1.37. The van der Waals surface area contributed by atoms with E-state index in [4.69, 9.17) is 4.74 Å². The topological polar surface area (TPSA) is 29.5 Å². The van der Waals surface area contributed by atoms with E-state index in [0.29, 0.717) is 29.1 Å². The maximum Gasteiger partial charge on any atom is 0.0691 e. The summed E-state index contributed by atoms with van der Waals surface area (Å²) in [7, 11) is 0. The summed E-state index contributed by atoms with van der Waals surface area (Å²) in [6.45, 7) is 11.8. The summed E-state index contributed by atoms with van der Waals surface area (Å²) in [5.74, 6) is 2.42. The van der Waals surface area contributed by atoms with Crippen LogP contribution in [-0.4, -0.2) is 23.4 Å². The summed E-state index contributed by atoms with van der Waals surface area (Å²) < 4.78 is 6.68. The number of hydrogen-bond donors (Lipinski definition) is 1. The molecule has 0 radical (unpaired) electrons. The van der Waals surface area contributed by atoms with E-state index in [2.05, 4.69) is 57.3 Å². The Hall–Kier alpha value is -1.60. The van der Waals surface area contributed by atoms with Gasteiger partial charge in [-0.25, -0.2) is 0 Å². The minimum Gasteiger partial charge on any atom is -0.393 e. The van der Waals surface area contributed by atoms with E-state index in [1.807, 2.05) is 6.08 Å². The highest BCUT2D eigenvalue weighted by atomic mass is 16.5. The maximum absolute atomic E-state index is 11.1. The van der Waals surface area contributed by atoms with Crippen LogP contribution in [0.4, 0.5) is 0 Å². The van der Waals surface area contributed by atoms with E-state index >= 15 is 0 Å². The lowest BCUT2D eigenvalue weighted by molar-refractivity contribution is -0.144. The van der Waals surface area contributed by atoms with Gasteiger partial charge in [0.2, 0.25) is 0 Å². The molecule has 1 heterocycles. The van der Waals surface area contributed by atoms with E-state index in [1.54, 1.807) is 11.1 Å². The van der Waals surface area contributed by atoms with Gasteiger partial charge in [-0.3, -0.25) is 0 Å². The van der Waals surface area contributed by atoms with Crippen LogP contribution in [0.5, 0.6) is 0 Å². The number of aliphatic hydroxyl groups excluding tert-OH is 1. The third kappa shape index (κ3) is 3.92. The quantitative estimate of drug-likeness (QED) is 0.351. The first-order valence-corrected chi connectivity index (χ1v) is 14.2. The van der Waals surface area contributed by atoms with Gasteiger partial charge in [0.15, 0.2) is 0 Å². The largest absolute Gasteiger partial charge is 0.393 e. The second-order valence-corrected chi connectivity index (χ2v) is 13.7. The average Bonchev–Trinajstić information content (AvgIpc) is 3.15. The zero-order chi connectivity index (χ0) is 24.4. The molecule has 1 spiro atoms. The van der Waals surface area contributed by atoms with Crippen LogP contribution >= 0.6 is 0 Å². The Morgan fingerprint density at radius 2 is 1.80 bits per heavy atom. The Labute approximate surface area is 212 Å². The van der Waals surface area contributed by atoms with Gasteiger partial charge in [-0.2, -0.15) is 0 Å². The molecule has 0 aromatic heterocycles. The summed E-state index contributed by atoms with van der Waals surface area (Å²) in [6.07, 6.45) is 13.9. The fourth-order valence-electron chi connectivity index (χ4n) is 8.97. The Morgan fingerprint density at radius 1 is 1.00 bits per heavy atom. The van der Waals surface area contributed by atoms with Crippen LogP contribution in [0, 0.1) is 28.6 Å². The van der Waals surface area contributed by atoms with Crippen molar-refractivity contribution in [3.8, 4) is 0 Å². The highest BCUT2D eigenvalue weighted by Crippen LogP contribution is 2.65. The van der Waals surface area contributed by atoms with Crippen molar-refractivity contribution in [2.75, 3.05) is 6.61 Å². The number of fused-ring (bicyclic) bond motifs is 4. The van der Waals surface area contributed by atoms with E-state index in [1.165, 1.54) is 56.9 Å². The first-order valence-electron chi connectivity index (χ1n) is 14.2. The van der Waals surface area contributed by atoms with Crippen LogP contribution in [-0.2, 0) is 4.74 Å². The van der Waals surface area contributed by atoms with Crippen LogP contribution in [0.1, 0.15) is 102 Å². The lowest BCUT2D eigenvalue weighted by Crippen LogP contribution is -2.49. The summed E-state index contributed by atoms with van der Waals surface area (Å²) in [5.41, 5.74) is 9.59. The molecule has 4 fully saturated rings. The van der Waals surface area contributed by atoms with Gasteiger partial charge in [0.1, 0.15) is 0 Å². The van der Waals surface area contributed by atoms with Gasteiger partial charge in [-0.05, 0) is 110 Å². The second kappa shape index (κ2) is 8.47. The zero-order valence-corrected chi connectivity index (χ0v) is 22.1. The zero-order valence-electron chi connectivity index (χ0n) is 22.1. The maximum atomic E-state index is 11.1. The lowest BCUT2D eigenvalue weighted by atomic mass is 9.51. The molecule has 5 aliphatic rings. The van der Waals surface area contributed by atoms with Gasteiger partial charge in [-0.15, -0.1) is 5.73 Å². The van der Waals surface area contributed by atoms with Crippen molar-refractivity contribution < 1.29 is 9.84 Å². The molecule has 2 nitrogen and oxygen atoms in total. The monoisotopic (exact) mass is 472 g/mol. The van der Waals surface area contributed by atoms with Crippen LogP contribution in [0.25, 0.3) is 6.08 Å². The van der Waals surface area contributed by atoms with Crippen molar-refractivity contribution in [1.82, 2.24) is 0 Å². The summed E-state index contributed by atoms with van der Waals surface area (Å²) >= 11 is 0. The number of allylic oxidation sites excluding steroid dienone is 2. The Kier molecular flexibility index (Phi) is 5.76. The number of rotatable bonds is 2. The number of aliphatic hydroxyl groups is 1. The van der Waals surface area contributed by atoms with E-state index in [0.717, 1.165) is 25.0 Å². The first-order chi connectivity index (χ1) is 16.7. The molecule has 1 aliphatic heterocycles. The van der Waals surface area contributed by atoms with Crippen LogP contribution < -0.4 is 0 Å². The number of hydrogen-bond acceptors (Lipinski definition) is 2. The molecule has 3 saturated carbocycles. The molecule has 188 valence electrons. The second-order valence-electron chi connectivity index (χ2n) is 13.7. The molecule has 4 aliphatic carbocycles. The minimum absolute atomic E-state index is 0.0415. The fraction of sp³-hybridized carbons (Fsp3) is 0.667. The summed E-state index contributed by atoms with van der Waals surface area (Å²) in [6, 6.07) is 9.12. The van der Waals surface area contributed by atoms with Gasteiger partial charge < -0.3 is 9.84 Å². The molecular formula is C33H44O2. The van der Waals surface area contributed by atoms with Crippen molar-refractivity contribution >= 4 is 6.08 Å². The van der Waals surface area contributed by atoms with Gasteiger partial charge in [0, 0.05) is 5.92 Å². The lowest BCUT2D eigenvalue weighted by Gasteiger charge is -2.55. The molecule has 7 unspecified atom stereocenters. The normalized spacial score (nSPS) is 42.1. The van der Waals surface area contributed by atoms with Gasteiger partial charge in [-0.1, -0.05) is 62.8 Å². The molecular weight excluding hydrogens is 428 g/mol. The van der Waals surface area contributed by atoms with Crippen LogP contribution in [0.2, 0.25) is 0 Å². The predicted molar refractivity (Wildman–Crippen MR) is 143 cm³/mol. The van der Waals surface area contributed by atoms with Crippen LogP contribution in [0.3, 0.4) is 0 Å². The van der Waals surface area contributed by atoms with Gasteiger partial charge in [0.25, 0.3) is 0 Å². The molecule has 1 saturated heterocycles. The van der Waals surface area contributed by atoms with Crippen LogP contribution in [0.15, 0.2) is 47.7 Å². The van der Waals surface area contributed by atoms with Crippen molar-refractivity contribution in [3.63, 3.8) is 0 Å². The third-order valence-corrected chi connectivity index (χ3v) is 11.1. The summed E-state index contributed by atoms with van der Waals surface area (Å²) in [4.78, 5) is 0. The molecule has 2 heteroatoms. The third-order valence-electron chi connectivity index (χ3n) is 11.1. The molecule has 7 atom stereocenters. The highest BCUT2D eigenvalue weighted by molar-refractivity contribution is 5.50. The van der Waals surface area contributed by atoms with Gasteiger partial charge in [0.05, 0.1) is 18.3 Å². The standard InChI is InChI=1S/C33H44O2/c1-5-6-22-7-9-23(10-8-22)27-20-32(4)28(13-14-29(32)34)26-12-11-24-19-33(16-15-25(24)30(26)27)18-17-31(2,3)21-35-33/h6-10,24,26-29,34H,1,11-21H2,2-4H3. The predicted octanol–water partition coefficient (Wildman–Crippen LogP) is 7.83. The number of ether oxygens (including phenoxy) is 1. The Bertz CT molecular complexity index is 1050. The van der Waals surface area contributed by atoms with E-state index < -0.39 is 0 Å². The van der Waals surface area contributed by atoms with Crippen molar-refractivity contribution in [1.29, 1.82) is 0 Å². The average molecular weight is 473 g/mol. The fourth-order valence-corrected chi connectivity index (χ4v) is 8.97. The molecule has 1 N–H and O–H groups in total. The Morgan fingerprint density at radius 3 is 2.51 bits per heavy atom. The summed E-state index contributed by atoms with van der Waals surface area (Å²) in [5, 5.41) is 11.1. The number of benzene rings is 1. The first kappa shape index (κ1) is 23.8. The van der Waals surface area contributed by atoms with E-state index in [-0.39, 0.29) is 17.1 Å². The molecule has 1 aromatic carbocycles. The van der Waals surface area contributed by atoms with Crippen molar-refractivity contribution in [2.45, 2.75) is 103 Å². The molecule has 35 heavy (non-hydrogen) atoms. The van der Waals surface area contributed by atoms with E-state index in [9.17, 15) is 5.11 Å². The SMILES string of the molecule is C=C=Cc1ccc(C2CC3(C)C(O)CCC3C3CCC4CC5(CCC4=C23)CCC(C)(C)CO5)cc1.